The third-order valence-corrected chi connectivity index (χ3v) is 4.80. The van der Waals surface area contributed by atoms with Gasteiger partial charge < -0.3 is 33.7 Å². The Kier molecular flexibility index (Phi) is 8.61. The fourth-order valence-electron chi connectivity index (χ4n) is 3.31. The van der Waals surface area contributed by atoms with Gasteiger partial charge in [-0.25, -0.2) is 11.8 Å². The van der Waals surface area contributed by atoms with Crippen LogP contribution < -0.4 is 48.7 Å². The molecule has 0 saturated carbocycles. The highest BCUT2D eigenvalue weighted by Gasteiger charge is 2.32. The number of hydrogen-bond acceptors (Lipinski definition) is 12. The van der Waals surface area contributed by atoms with Gasteiger partial charge in [0, 0.05) is 18.9 Å². The van der Waals surface area contributed by atoms with Crippen molar-refractivity contribution in [3.8, 4) is 23.0 Å². The van der Waals surface area contributed by atoms with Crippen molar-refractivity contribution >= 4 is 12.2 Å². The third-order valence-electron chi connectivity index (χ3n) is 4.80. The number of rotatable bonds is 10. The van der Waals surface area contributed by atoms with Crippen molar-refractivity contribution in [2.75, 3.05) is 6.61 Å². The van der Waals surface area contributed by atoms with Crippen molar-refractivity contribution in [2.45, 2.75) is 31.3 Å². The third kappa shape index (κ3) is 6.29. The average molecular weight is 449 g/mol. The summed E-state index contributed by atoms with van der Waals surface area (Å²) in [6, 6.07) is 10.2. The van der Waals surface area contributed by atoms with E-state index in [4.69, 9.17) is 58.3 Å². The Hall–Kier alpha value is -2.94. The molecule has 1 aliphatic rings. The molecule has 0 aliphatic carbocycles. The lowest BCUT2D eigenvalue weighted by Crippen LogP contribution is -2.43. The minimum atomic E-state index is -0.651. The summed E-state index contributed by atoms with van der Waals surface area (Å²) >= 11 is 0. The molecular formula is C20H27N5O7. The largest absolute Gasteiger partial charge is 0.461 e. The molecule has 174 valence electrons. The summed E-state index contributed by atoms with van der Waals surface area (Å²) in [5, 5.41) is 0. The van der Waals surface area contributed by atoms with E-state index in [1.165, 1.54) is 0 Å². The van der Waals surface area contributed by atoms with Gasteiger partial charge in [0.25, 0.3) is 0 Å². The molecule has 2 aromatic carbocycles. The molecule has 0 radical (unpaired) electrons. The minimum absolute atomic E-state index is 0.178. The zero-order chi connectivity index (χ0) is 22.9. The molecule has 12 nitrogen and oxygen atoms in total. The van der Waals surface area contributed by atoms with Crippen molar-refractivity contribution < 1.29 is 33.7 Å². The van der Waals surface area contributed by atoms with E-state index in [0.29, 0.717) is 35.8 Å². The van der Waals surface area contributed by atoms with Crippen LogP contribution in [0.15, 0.2) is 36.4 Å². The predicted octanol–water partition coefficient (Wildman–Crippen LogP) is 0.648. The molecular weight excluding hydrogens is 422 g/mol. The van der Waals surface area contributed by atoms with Crippen LogP contribution in [0.2, 0.25) is 0 Å². The Balaban J connectivity index is 1.74. The van der Waals surface area contributed by atoms with E-state index < -0.39 is 6.29 Å². The van der Waals surface area contributed by atoms with Crippen LogP contribution in [0.25, 0.3) is 12.2 Å². The molecule has 1 heterocycles. The van der Waals surface area contributed by atoms with Crippen LogP contribution in [-0.2, 0) is 14.4 Å². The minimum Gasteiger partial charge on any atom is -0.461 e. The van der Waals surface area contributed by atoms with Crippen molar-refractivity contribution in [2.24, 2.45) is 29.5 Å². The zero-order valence-electron chi connectivity index (χ0n) is 17.2. The predicted molar refractivity (Wildman–Crippen MR) is 114 cm³/mol. The second-order valence-corrected chi connectivity index (χ2v) is 7.00. The van der Waals surface area contributed by atoms with Crippen LogP contribution in [0.5, 0.6) is 23.0 Å². The normalized spacial score (nSPS) is 20.8. The first-order chi connectivity index (χ1) is 15.6. The van der Waals surface area contributed by atoms with Crippen LogP contribution >= 0.6 is 0 Å². The van der Waals surface area contributed by atoms with Gasteiger partial charge in [-0.05, 0) is 35.4 Å². The molecule has 0 unspecified atom stereocenters. The monoisotopic (exact) mass is 449 g/mol. The molecule has 12 heteroatoms. The summed E-state index contributed by atoms with van der Waals surface area (Å²) < 4.78 is 11.7. The number of benzene rings is 2. The van der Waals surface area contributed by atoms with E-state index in [9.17, 15) is 0 Å². The van der Waals surface area contributed by atoms with Crippen LogP contribution in [0.1, 0.15) is 24.0 Å². The quantitative estimate of drug-likeness (QED) is 0.251. The van der Waals surface area contributed by atoms with Gasteiger partial charge in [0.2, 0.25) is 6.29 Å². The lowest BCUT2D eigenvalue weighted by molar-refractivity contribution is -0.199. The van der Waals surface area contributed by atoms with E-state index in [0.717, 1.165) is 11.1 Å². The first-order valence-electron chi connectivity index (χ1n) is 9.65. The van der Waals surface area contributed by atoms with Crippen LogP contribution in [0.3, 0.4) is 0 Å². The lowest BCUT2D eigenvalue weighted by Gasteiger charge is -2.33. The molecule has 32 heavy (non-hydrogen) atoms. The topological polar surface area (TPSA) is 195 Å². The van der Waals surface area contributed by atoms with Crippen molar-refractivity contribution in [1.29, 1.82) is 0 Å². The van der Waals surface area contributed by atoms with Crippen LogP contribution in [-0.4, -0.2) is 25.1 Å². The molecule has 2 aromatic rings. The fourth-order valence-corrected chi connectivity index (χ4v) is 3.31. The van der Waals surface area contributed by atoms with Gasteiger partial charge in [-0.15, -0.1) is 0 Å². The van der Waals surface area contributed by atoms with Gasteiger partial charge in [-0.1, -0.05) is 18.2 Å². The van der Waals surface area contributed by atoms with Gasteiger partial charge >= 0.3 is 0 Å². The lowest BCUT2D eigenvalue weighted by atomic mass is 10.1. The summed E-state index contributed by atoms with van der Waals surface area (Å²) in [4.78, 5) is 24.1. The fraction of sp³-hybridized carbons (Fsp3) is 0.300. The molecule has 1 saturated heterocycles. The Morgan fingerprint density at radius 3 is 2.16 bits per heavy atom. The molecule has 0 spiro atoms. The molecule has 3 atom stereocenters. The van der Waals surface area contributed by atoms with Gasteiger partial charge in [-0.2, -0.15) is 17.7 Å². The Bertz CT molecular complexity index is 892. The summed E-state index contributed by atoms with van der Waals surface area (Å²) in [7, 11) is 0. The highest BCUT2D eigenvalue weighted by molar-refractivity contribution is 5.72. The molecule has 1 aliphatic heterocycles. The highest BCUT2D eigenvalue weighted by atomic mass is 16.7. The first kappa shape index (κ1) is 23.7. The smallest absolute Gasteiger partial charge is 0.202 e. The van der Waals surface area contributed by atoms with E-state index in [-0.39, 0.29) is 18.8 Å². The second-order valence-electron chi connectivity index (χ2n) is 7.00. The zero-order valence-corrected chi connectivity index (χ0v) is 17.2. The summed E-state index contributed by atoms with van der Waals surface area (Å²) in [6.07, 6.45) is 3.33. The maximum atomic E-state index is 5.92. The second kappa shape index (κ2) is 11.6. The van der Waals surface area contributed by atoms with Gasteiger partial charge in [0.15, 0.2) is 23.0 Å². The Morgan fingerprint density at radius 1 is 0.812 bits per heavy atom. The molecule has 0 aromatic heterocycles. The SMILES string of the molecule is NOC[C@@H]1C[C@H](ON)C[C@H](Oc2ccc(/C=C/c3cc(ON)cc(ON)c3)cc2ON)O1. The van der Waals surface area contributed by atoms with Crippen molar-refractivity contribution in [1.82, 2.24) is 0 Å². The van der Waals surface area contributed by atoms with E-state index >= 15 is 0 Å². The summed E-state index contributed by atoms with van der Waals surface area (Å²) in [6.45, 7) is 0.178. The van der Waals surface area contributed by atoms with Gasteiger partial charge in [0.05, 0.1) is 18.8 Å². The number of hydrogen-bond donors (Lipinski definition) is 5. The van der Waals surface area contributed by atoms with Crippen molar-refractivity contribution in [3.05, 3.63) is 47.5 Å². The van der Waals surface area contributed by atoms with E-state index in [1.807, 2.05) is 18.2 Å². The molecule has 10 N–H and O–H groups in total. The van der Waals surface area contributed by atoms with Gasteiger partial charge in [-0.3, -0.25) is 0 Å². The van der Waals surface area contributed by atoms with E-state index in [1.54, 1.807) is 30.3 Å². The molecule has 3 rings (SSSR count). The standard InChI is InChI=1S/C20H27N5O7/c21-26-11-17-9-16(31-24)10-20(27-17)28-18-4-3-12(7-19(18)32-25)1-2-13-5-14(29-22)8-15(6-13)30-23/h1-8,16-17,20H,9-11,21-25H2/b2-1+/t16-,17-,20-/m0/s1. The summed E-state index contributed by atoms with van der Waals surface area (Å²) in [5.41, 5.74) is 1.54. The van der Waals surface area contributed by atoms with Crippen molar-refractivity contribution in [3.63, 3.8) is 0 Å². The maximum Gasteiger partial charge on any atom is 0.202 e. The Morgan fingerprint density at radius 2 is 1.53 bits per heavy atom. The number of ether oxygens (including phenoxy) is 2. The summed E-state index contributed by atoms with van der Waals surface area (Å²) in [5.74, 6) is 27.9. The first-order valence-corrected chi connectivity index (χ1v) is 9.65. The highest BCUT2D eigenvalue weighted by Crippen LogP contribution is 2.32. The average Bonchev–Trinajstić information content (AvgIpc) is 2.83. The molecule has 0 amide bonds. The Labute approximate surface area is 184 Å². The van der Waals surface area contributed by atoms with E-state index in [2.05, 4.69) is 4.84 Å². The van der Waals surface area contributed by atoms with Crippen LogP contribution in [0.4, 0.5) is 0 Å². The van der Waals surface area contributed by atoms with Crippen LogP contribution in [0, 0.1) is 0 Å². The molecule has 0 bridgehead atoms. The number of nitrogens with two attached hydrogens (primary N) is 5. The molecule has 1 fully saturated rings. The van der Waals surface area contributed by atoms with Gasteiger partial charge in [0.1, 0.15) is 0 Å². The maximum absolute atomic E-state index is 5.92.